The van der Waals surface area contributed by atoms with Crippen LogP contribution in [0.5, 0.6) is 5.75 Å². The van der Waals surface area contributed by atoms with Crippen molar-refractivity contribution in [3.05, 3.63) is 42.1 Å². The SMILES string of the molecule is COCCn1c(-c2cc3cccnc3n2CC2CC2)nc2cc(C(=O)N3C[C@@H](C)[C@@H](N)C3C)cc(OC)c21. The van der Waals surface area contributed by atoms with Gasteiger partial charge >= 0.3 is 0 Å². The number of rotatable bonds is 8. The Morgan fingerprint density at radius 1 is 1.16 bits per heavy atom. The Bertz CT molecular complexity index is 1500. The number of ether oxygens (including phenoxy) is 2. The number of likely N-dealkylation sites (tertiary alicyclic amines) is 1. The van der Waals surface area contributed by atoms with Gasteiger partial charge in [0.25, 0.3) is 5.91 Å². The summed E-state index contributed by atoms with van der Waals surface area (Å²) in [7, 11) is 3.34. The Balaban J connectivity index is 1.51. The molecule has 9 heteroatoms. The van der Waals surface area contributed by atoms with Gasteiger partial charge in [-0.05, 0) is 61.9 Å². The number of carbonyl (C=O) groups excluding carboxylic acids is 1. The van der Waals surface area contributed by atoms with Crippen molar-refractivity contribution in [2.45, 2.75) is 51.9 Å². The number of benzene rings is 1. The number of nitrogens with zero attached hydrogens (tertiary/aromatic N) is 5. The minimum Gasteiger partial charge on any atom is -0.494 e. The fourth-order valence-corrected chi connectivity index (χ4v) is 5.84. The van der Waals surface area contributed by atoms with E-state index in [0.717, 1.165) is 40.1 Å². The van der Waals surface area contributed by atoms with Crippen LogP contribution >= 0.6 is 0 Å². The van der Waals surface area contributed by atoms with Gasteiger partial charge in [0.1, 0.15) is 16.9 Å². The van der Waals surface area contributed by atoms with Gasteiger partial charge in [0.05, 0.1) is 24.9 Å². The van der Waals surface area contributed by atoms with Gasteiger partial charge in [0, 0.05) is 56.0 Å². The van der Waals surface area contributed by atoms with Gasteiger partial charge in [0.15, 0.2) is 5.82 Å². The fraction of sp³-hybridized carbons (Fsp3) is 0.483. The van der Waals surface area contributed by atoms with Gasteiger partial charge in [0.2, 0.25) is 0 Å². The van der Waals surface area contributed by atoms with E-state index < -0.39 is 0 Å². The summed E-state index contributed by atoms with van der Waals surface area (Å²) in [6.07, 6.45) is 4.32. The molecule has 1 amide bonds. The largest absolute Gasteiger partial charge is 0.494 e. The van der Waals surface area contributed by atoms with Gasteiger partial charge in [-0.25, -0.2) is 9.97 Å². The van der Waals surface area contributed by atoms with Crippen LogP contribution in [-0.4, -0.2) is 69.4 Å². The number of hydrogen-bond acceptors (Lipinski definition) is 6. The molecule has 200 valence electrons. The number of amides is 1. The molecular formula is C29H36N6O3. The maximum Gasteiger partial charge on any atom is 0.254 e. The summed E-state index contributed by atoms with van der Waals surface area (Å²) in [5, 5.41) is 1.09. The first-order valence-electron chi connectivity index (χ1n) is 13.5. The molecule has 1 unspecified atom stereocenters. The van der Waals surface area contributed by atoms with E-state index in [2.05, 4.69) is 28.2 Å². The molecule has 2 aliphatic rings. The number of methoxy groups -OCH3 is 2. The highest BCUT2D eigenvalue weighted by Crippen LogP contribution is 2.38. The lowest BCUT2D eigenvalue weighted by Crippen LogP contribution is -2.40. The van der Waals surface area contributed by atoms with E-state index in [-0.39, 0.29) is 23.9 Å². The first-order chi connectivity index (χ1) is 18.4. The van der Waals surface area contributed by atoms with E-state index in [9.17, 15) is 4.79 Å². The molecule has 3 atom stereocenters. The lowest BCUT2D eigenvalue weighted by Gasteiger charge is -2.23. The first-order valence-corrected chi connectivity index (χ1v) is 13.5. The molecule has 2 fully saturated rings. The molecule has 1 aliphatic heterocycles. The monoisotopic (exact) mass is 516 g/mol. The van der Waals surface area contributed by atoms with Gasteiger partial charge < -0.3 is 29.2 Å². The number of fused-ring (bicyclic) bond motifs is 2. The number of nitrogens with two attached hydrogens (primary N) is 1. The van der Waals surface area contributed by atoms with Crippen LogP contribution < -0.4 is 10.5 Å². The zero-order valence-corrected chi connectivity index (χ0v) is 22.6. The average Bonchev–Trinajstić information content (AvgIpc) is 3.50. The summed E-state index contributed by atoms with van der Waals surface area (Å²) >= 11 is 0. The summed E-state index contributed by atoms with van der Waals surface area (Å²) in [5.74, 6) is 2.31. The van der Waals surface area contributed by atoms with Crippen molar-refractivity contribution >= 4 is 28.0 Å². The van der Waals surface area contributed by atoms with E-state index in [4.69, 9.17) is 25.2 Å². The molecule has 1 saturated carbocycles. The van der Waals surface area contributed by atoms with Crippen molar-refractivity contribution in [3.8, 4) is 17.3 Å². The van der Waals surface area contributed by atoms with Crippen molar-refractivity contribution < 1.29 is 14.3 Å². The maximum atomic E-state index is 13.6. The highest BCUT2D eigenvalue weighted by Gasteiger charge is 2.37. The van der Waals surface area contributed by atoms with Crippen LogP contribution in [0.4, 0.5) is 0 Å². The van der Waals surface area contributed by atoms with Crippen LogP contribution in [0.15, 0.2) is 36.5 Å². The summed E-state index contributed by atoms with van der Waals surface area (Å²) in [6, 6.07) is 9.89. The van der Waals surface area contributed by atoms with Gasteiger partial charge in [-0.3, -0.25) is 4.79 Å². The number of pyridine rings is 1. The molecule has 3 aromatic heterocycles. The third-order valence-electron chi connectivity index (χ3n) is 8.27. The number of carbonyl (C=O) groups is 1. The first kappa shape index (κ1) is 24.9. The van der Waals surface area contributed by atoms with Crippen LogP contribution in [0.1, 0.15) is 37.0 Å². The van der Waals surface area contributed by atoms with E-state index in [0.29, 0.717) is 36.9 Å². The molecule has 1 saturated heterocycles. The van der Waals surface area contributed by atoms with Crippen LogP contribution in [-0.2, 0) is 17.8 Å². The van der Waals surface area contributed by atoms with Crippen molar-refractivity contribution in [2.24, 2.45) is 17.6 Å². The minimum absolute atomic E-state index is 0.0281. The zero-order valence-electron chi connectivity index (χ0n) is 22.6. The van der Waals surface area contributed by atoms with Crippen LogP contribution in [0.25, 0.3) is 33.6 Å². The molecule has 1 aromatic carbocycles. The van der Waals surface area contributed by atoms with Gasteiger partial charge in [-0.15, -0.1) is 0 Å². The summed E-state index contributed by atoms with van der Waals surface area (Å²) in [6.45, 7) is 6.78. The predicted octanol–water partition coefficient (Wildman–Crippen LogP) is 3.93. The van der Waals surface area contributed by atoms with E-state index in [1.807, 2.05) is 36.2 Å². The van der Waals surface area contributed by atoms with Crippen LogP contribution in [0, 0.1) is 11.8 Å². The lowest BCUT2D eigenvalue weighted by molar-refractivity contribution is 0.0739. The Hall–Kier alpha value is -3.43. The van der Waals surface area contributed by atoms with Crippen molar-refractivity contribution in [1.82, 2.24) is 24.0 Å². The molecule has 0 bridgehead atoms. The molecule has 4 aromatic rings. The highest BCUT2D eigenvalue weighted by molar-refractivity contribution is 6.00. The Kier molecular flexibility index (Phi) is 6.36. The molecule has 1 aliphatic carbocycles. The Morgan fingerprint density at radius 3 is 2.66 bits per heavy atom. The molecule has 0 spiro atoms. The second-order valence-electron chi connectivity index (χ2n) is 10.9. The lowest BCUT2D eigenvalue weighted by atomic mass is 10.0. The van der Waals surface area contributed by atoms with Crippen molar-refractivity contribution in [1.29, 1.82) is 0 Å². The predicted molar refractivity (Wildman–Crippen MR) is 147 cm³/mol. The highest BCUT2D eigenvalue weighted by atomic mass is 16.5. The molecule has 4 heterocycles. The smallest absolute Gasteiger partial charge is 0.254 e. The summed E-state index contributed by atoms with van der Waals surface area (Å²) in [4.78, 5) is 25.3. The maximum absolute atomic E-state index is 13.6. The third kappa shape index (κ3) is 4.14. The van der Waals surface area contributed by atoms with Crippen molar-refractivity contribution in [2.75, 3.05) is 27.4 Å². The van der Waals surface area contributed by atoms with E-state index in [1.165, 1.54) is 12.8 Å². The average molecular weight is 517 g/mol. The third-order valence-corrected chi connectivity index (χ3v) is 8.27. The number of imidazole rings is 1. The zero-order chi connectivity index (χ0) is 26.6. The summed E-state index contributed by atoms with van der Waals surface area (Å²) < 4.78 is 15.8. The number of hydrogen-bond donors (Lipinski definition) is 1. The number of aromatic nitrogens is 4. The molecule has 6 rings (SSSR count). The van der Waals surface area contributed by atoms with Crippen molar-refractivity contribution in [3.63, 3.8) is 0 Å². The molecule has 9 nitrogen and oxygen atoms in total. The van der Waals surface area contributed by atoms with Gasteiger partial charge in [-0.1, -0.05) is 6.92 Å². The minimum atomic E-state index is -0.0439. The summed E-state index contributed by atoms with van der Waals surface area (Å²) in [5.41, 5.74) is 10.5. The quantitative estimate of drug-likeness (QED) is 0.381. The second-order valence-corrected chi connectivity index (χ2v) is 10.9. The van der Waals surface area contributed by atoms with E-state index >= 15 is 0 Å². The standard InChI is InChI=1S/C29H36N6O3/c1-17-15-34(18(2)25(17)30)29(36)21-12-22-26(24(14-21)38-4)33(10-11-37-3)28(32-22)23-13-20-6-5-9-31-27(20)35(23)16-19-7-8-19/h5-6,9,12-14,17-19,25H,7-8,10-11,15-16,30H2,1-4H3/t17-,18?,25-/m1/s1. The second kappa shape index (κ2) is 9.71. The normalized spacial score (nSPS) is 21.6. The molecule has 38 heavy (non-hydrogen) atoms. The Morgan fingerprint density at radius 2 is 1.97 bits per heavy atom. The molecule has 2 N–H and O–H groups in total. The molecular weight excluding hydrogens is 480 g/mol. The van der Waals surface area contributed by atoms with Crippen LogP contribution in [0.2, 0.25) is 0 Å². The van der Waals surface area contributed by atoms with E-state index in [1.54, 1.807) is 14.2 Å². The fourth-order valence-electron chi connectivity index (χ4n) is 5.84. The Labute approximate surface area is 222 Å². The molecule has 0 radical (unpaired) electrons. The van der Waals surface area contributed by atoms with Crippen LogP contribution in [0.3, 0.4) is 0 Å². The topological polar surface area (TPSA) is 100 Å². The van der Waals surface area contributed by atoms with Gasteiger partial charge in [-0.2, -0.15) is 0 Å².